The Morgan fingerprint density at radius 3 is 3.11 bits per heavy atom. The van der Waals surface area contributed by atoms with E-state index >= 15 is 0 Å². The molecular formula is C15H22ClNOS. The van der Waals surface area contributed by atoms with Crippen LogP contribution in [-0.4, -0.2) is 17.8 Å². The van der Waals surface area contributed by atoms with Gasteiger partial charge in [0.25, 0.3) is 0 Å². The van der Waals surface area contributed by atoms with Crippen molar-refractivity contribution in [2.45, 2.75) is 50.8 Å². The van der Waals surface area contributed by atoms with Gasteiger partial charge >= 0.3 is 0 Å². The second kappa shape index (κ2) is 6.76. The van der Waals surface area contributed by atoms with Gasteiger partial charge in [0.05, 0.1) is 11.3 Å². The molecule has 2 unspecified atom stereocenters. The summed E-state index contributed by atoms with van der Waals surface area (Å²) in [5.41, 5.74) is 1.24. The third-order valence-corrected chi connectivity index (χ3v) is 4.92. The average Bonchev–Trinajstić information content (AvgIpc) is 2.83. The van der Waals surface area contributed by atoms with E-state index < -0.39 is 0 Å². The fourth-order valence-corrected chi connectivity index (χ4v) is 4.11. The summed E-state index contributed by atoms with van der Waals surface area (Å²) in [5.74, 6) is 0.754. The Morgan fingerprint density at radius 2 is 2.37 bits per heavy atom. The molecular weight excluding hydrogens is 278 g/mol. The molecule has 0 aliphatic heterocycles. The lowest BCUT2D eigenvalue weighted by atomic mass is 9.87. The van der Waals surface area contributed by atoms with Crippen molar-refractivity contribution in [1.82, 2.24) is 5.32 Å². The van der Waals surface area contributed by atoms with Crippen LogP contribution in [0.5, 0.6) is 0 Å². The second-order valence-electron chi connectivity index (χ2n) is 5.72. The molecule has 0 saturated heterocycles. The maximum Gasteiger partial charge on any atom is 0.227 e. The van der Waals surface area contributed by atoms with Gasteiger partial charge in [0.1, 0.15) is 0 Å². The fraction of sp³-hybridized carbons (Fsp3) is 0.667. The van der Waals surface area contributed by atoms with E-state index in [1.54, 1.807) is 11.3 Å². The van der Waals surface area contributed by atoms with Gasteiger partial charge in [-0.05, 0) is 48.6 Å². The largest absolute Gasteiger partial charge is 0.354 e. The normalized spacial score (nSPS) is 20.1. The number of carbonyl (C=O) groups excluding carboxylic acids is 1. The molecule has 1 N–H and O–H groups in total. The molecule has 1 heterocycles. The maximum absolute atomic E-state index is 12.3. The van der Waals surface area contributed by atoms with Gasteiger partial charge in [-0.3, -0.25) is 4.79 Å². The summed E-state index contributed by atoms with van der Waals surface area (Å²) >= 11 is 8.00. The lowest BCUT2D eigenvalue weighted by Gasteiger charge is -2.22. The van der Waals surface area contributed by atoms with Gasteiger partial charge in [-0.25, -0.2) is 0 Å². The van der Waals surface area contributed by atoms with Crippen molar-refractivity contribution in [2.24, 2.45) is 5.92 Å². The number of fused-ring (bicyclic) bond motifs is 1. The van der Waals surface area contributed by atoms with Crippen LogP contribution in [0, 0.1) is 5.92 Å². The van der Waals surface area contributed by atoms with Crippen molar-refractivity contribution in [3.63, 3.8) is 0 Å². The number of amides is 1. The van der Waals surface area contributed by atoms with E-state index in [1.807, 2.05) is 0 Å². The van der Waals surface area contributed by atoms with E-state index in [1.165, 1.54) is 10.4 Å². The summed E-state index contributed by atoms with van der Waals surface area (Å²) in [7, 11) is 0. The van der Waals surface area contributed by atoms with E-state index in [0.717, 1.165) is 25.7 Å². The number of alkyl halides is 1. The van der Waals surface area contributed by atoms with Crippen molar-refractivity contribution in [1.29, 1.82) is 0 Å². The predicted molar refractivity (Wildman–Crippen MR) is 82.1 cm³/mol. The van der Waals surface area contributed by atoms with E-state index in [9.17, 15) is 4.79 Å². The minimum Gasteiger partial charge on any atom is -0.354 e. The van der Waals surface area contributed by atoms with Gasteiger partial charge in [0.15, 0.2) is 0 Å². The first-order valence-electron chi connectivity index (χ1n) is 7.06. The number of thiophene rings is 1. The van der Waals surface area contributed by atoms with Crippen LogP contribution in [0.1, 0.15) is 49.5 Å². The molecule has 1 aliphatic rings. The van der Waals surface area contributed by atoms with Crippen LogP contribution in [0.15, 0.2) is 11.4 Å². The van der Waals surface area contributed by atoms with Crippen molar-refractivity contribution in [3.8, 4) is 0 Å². The number of hydrogen-bond donors (Lipinski definition) is 1. The van der Waals surface area contributed by atoms with E-state index in [0.29, 0.717) is 12.5 Å². The van der Waals surface area contributed by atoms with Gasteiger partial charge in [0.2, 0.25) is 5.91 Å². The smallest absolute Gasteiger partial charge is 0.227 e. The molecule has 2 atom stereocenters. The maximum atomic E-state index is 12.3. The van der Waals surface area contributed by atoms with Crippen molar-refractivity contribution in [2.75, 3.05) is 6.54 Å². The highest BCUT2D eigenvalue weighted by atomic mass is 35.5. The summed E-state index contributed by atoms with van der Waals surface area (Å²) < 4.78 is 0. The average molecular weight is 300 g/mol. The zero-order valence-corrected chi connectivity index (χ0v) is 13.2. The Labute approximate surface area is 124 Å². The van der Waals surface area contributed by atoms with Gasteiger partial charge in [-0.2, -0.15) is 0 Å². The summed E-state index contributed by atoms with van der Waals surface area (Å²) in [6.07, 6.45) is 4.15. The Balaban J connectivity index is 1.88. The first kappa shape index (κ1) is 14.9. The van der Waals surface area contributed by atoms with Crippen molar-refractivity contribution < 1.29 is 4.79 Å². The summed E-state index contributed by atoms with van der Waals surface area (Å²) in [6.45, 7) is 4.88. The second-order valence-corrected chi connectivity index (χ2v) is 7.33. The molecule has 4 heteroatoms. The summed E-state index contributed by atoms with van der Waals surface area (Å²) in [6, 6.07) is 2.11. The van der Waals surface area contributed by atoms with E-state index in [4.69, 9.17) is 11.6 Å². The highest BCUT2D eigenvalue weighted by Gasteiger charge is 2.27. The van der Waals surface area contributed by atoms with Crippen LogP contribution in [0.3, 0.4) is 0 Å². The molecule has 19 heavy (non-hydrogen) atoms. The monoisotopic (exact) mass is 299 g/mol. The molecule has 2 nitrogen and oxygen atoms in total. The highest BCUT2D eigenvalue weighted by molar-refractivity contribution is 7.10. The fourth-order valence-electron chi connectivity index (χ4n) is 2.69. The molecule has 1 amide bonds. The van der Waals surface area contributed by atoms with Crippen molar-refractivity contribution in [3.05, 3.63) is 21.9 Å². The molecule has 0 aromatic carbocycles. The first-order chi connectivity index (χ1) is 9.08. The SMILES string of the molecule is CC(C)CC(Cl)CNC(=O)C1CCCc2sccc21. The van der Waals surface area contributed by atoms with Gasteiger partial charge in [0, 0.05) is 11.4 Å². The topological polar surface area (TPSA) is 29.1 Å². The van der Waals surface area contributed by atoms with Gasteiger partial charge in [-0.1, -0.05) is 13.8 Å². The first-order valence-corrected chi connectivity index (χ1v) is 8.37. The van der Waals surface area contributed by atoms with Crippen LogP contribution < -0.4 is 5.32 Å². The number of halogens is 1. The molecule has 0 bridgehead atoms. The van der Waals surface area contributed by atoms with Crippen LogP contribution in [0.4, 0.5) is 0 Å². The minimum atomic E-state index is 0.0366. The molecule has 1 aliphatic carbocycles. The van der Waals surface area contributed by atoms with Gasteiger partial charge < -0.3 is 5.32 Å². The minimum absolute atomic E-state index is 0.0366. The Bertz CT molecular complexity index is 430. The molecule has 0 radical (unpaired) electrons. The Hall–Kier alpha value is -0.540. The summed E-state index contributed by atoms with van der Waals surface area (Å²) in [5, 5.41) is 5.16. The standard InChI is InChI=1S/C15H22ClNOS/c1-10(2)8-11(16)9-17-15(18)13-4-3-5-14-12(13)6-7-19-14/h6-7,10-11,13H,3-5,8-9H2,1-2H3,(H,17,18). The molecule has 2 rings (SSSR count). The quantitative estimate of drug-likeness (QED) is 0.820. The number of nitrogens with one attached hydrogen (secondary N) is 1. The number of rotatable bonds is 5. The molecule has 1 aromatic rings. The third-order valence-electron chi connectivity index (χ3n) is 3.59. The van der Waals surface area contributed by atoms with Crippen LogP contribution in [0.25, 0.3) is 0 Å². The van der Waals surface area contributed by atoms with Crippen LogP contribution >= 0.6 is 22.9 Å². The zero-order chi connectivity index (χ0) is 13.8. The summed E-state index contributed by atoms with van der Waals surface area (Å²) in [4.78, 5) is 13.7. The lowest BCUT2D eigenvalue weighted by molar-refractivity contribution is -0.122. The van der Waals surface area contributed by atoms with Crippen LogP contribution in [0.2, 0.25) is 0 Å². The Kier molecular flexibility index (Phi) is 5.28. The number of carbonyl (C=O) groups is 1. The zero-order valence-electron chi connectivity index (χ0n) is 11.6. The van der Waals surface area contributed by atoms with Crippen molar-refractivity contribution >= 4 is 28.8 Å². The predicted octanol–water partition coefficient (Wildman–Crippen LogP) is 3.94. The molecule has 106 valence electrons. The van der Waals surface area contributed by atoms with Gasteiger partial charge in [-0.15, -0.1) is 22.9 Å². The van der Waals surface area contributed by atoms with E-state index in [2.05, 4.69) is 30.6 Å². The number of hydrogen-bond acceptors (Lipinski definition) is 2. The van der Waals surface area contributed by atoms with E-state index in [-0.39, 0.29) is 17.2 Å². The lowest BCUT2D eigenvalue weighted by Crippen LogP contribution is -2.35. The highest BCUT2D eigenvalue weighted by Crippen LogP contribution is 2.34. The third kappa shape index (κ3) is 3.96. The van der Waals surface area contributed by atoms with Crippen LogP contribution in [-0.2, 0) is 11.2 Å². The molecule has 1 aromatic heterocycles. The molecule has 0 saturated carbocycles. The molecule has 0 spiro atoms. The molecule has 0 fully saturated rings. The Morgan fingerprint density at radius 1 is 1.58 bits per heavy atom. The number of aryl methyl sites for hydroxylation is 1.